The van der Waals surface area contributed by atoms with Crippen LogP contribution < -0.4 is 0 Å². The summed E-state index contributed by atoms with van der Waals surface area (Å²) in [5.74, 6) is -2.90. The summed E-state index contributed by atoms with van der Waals surface area (Å²) < 4.78 is 26.5. The topological polar surface area (TPSA) is 114 Å². The second kappa shape index (κ2) is 8.28. The number of esters is 4. The number of ether oxygens (including phenoxy) is 5. The van der Waals surface area contributed by atoms with Crippen LogP contribution in [-0.4, -0.2) is 54.6 Å². The Labute approximate surface area is 145 Å². The molecule has 0 aliphatic carbocycles. The molecule has 1 saturated heterocycles. The maximum absolute atomic E-state index is 11.6. The van der Waals surface area contributed by atoms with Crippen LogP contribution >= 0.6 is 0 Å². The van der Waals surface area contributed by atoms with Gasteiger partial charge in [-0.15, -0.1) is 0 Å². The first-order valence-corrected chi connectivity index (χ1v) is 7.82. The molecule has 0 radical (unpaired) electrons. The molecule has 1 aliphatic rings. The molecule has 1 fully saturated rings. The molecule has 0 aromatic carbocycles. The van der Waals surface area contributed by atoms with E-state index in [9.17, 15) is 19.2 Å². The highest BCUT2D eigenvalue weighted by atomic mass is 16.8. The zero-order valence-electron chi connectivity index (χ0n) is 15.2. The number of hydrogen-bond donors (Lipinski definition) is 0. The molecule has 0 amide bonds. The molecule has 0 aromatic heterocycles. The Morgan fingerprint density at radius 3 is 1.80 bits per heavy atom. The molecule has 4 atom stereocenters. The van der Waals surface area contributed by atoms with Gasteiger partial charge >= 0.3 is 23.9 Å². The molecular weight excluding hydrogens is 336 g/mol. The van der Waals surface area contributed by atoms with Crippen LogP contribution in [0, 0.1) is 5.92 Å². The van der Waals surface area contributed by atoms with Crippen molar-refractivity contribution in [3.63, 3.8) is 0 Å². The number of carbonyl (C=O) groups excluding carboxylic acids is 4. The fourth-order valence-corrected chi connectivity index (χ4v) is 2.64. The summed E-state index contributed by atoms with van der Waals surface area (Å²) in [4.78, 5) is 45.7. The average molecular weight is 360 g/mol. The van der Waals surface area contributed by atoms with E-state index in [1.165, 1.54) is 13.8 Å². The van der Waals surface area contributed by atoms with Crippen molar-refractivity contribution >= 4 is 23.9 Å². The van der Waals surface area contributed by atoms with Gasteiger partial charge in [0.2, 0.25) is 12.4 Å². The van der Waals surface area contributed by atoms with Crippen LogP contribution in [0.2, 0.25) is 0 Å². The monoisotopic (exact) mass is 360 g/mol. The third kappa shape index (κ3) is 5.15. The van der Waals surface area contributed by atoms with Gasteiger partial charge in [0.25, 0.3) is 0 Å². The van der Waals surface area contributed by atoms with Gasteiger partial charge in [-0.25, -0.2) is 0 Å². The summed E-state index contributed by atoms with van der Waals surface area (Å²) in [6.07, 6.45) is -3.62. The molecular formula is C16H24O9. The summed E-state index contributed by atoms with van der Waals surface area (Å²) in [7, 11) is 0. The second-order valence-electron chi connectivity index (χ2n) is 6.09. The third-order valence-corrected chi connectivity index (χ3v) is 3.74. The van der Waals surface area contributed by atoms with Gasteiger partial charge < -0.3 is 23.7 Å². The maximum atomic E-state index is 11.6. The van der Waals surface area contributed by atoms with Crippen molar-refractivity contribution in [1.29, 1.82) is 0 Å². The van der Waals surface area contributed by atoms with E-state index in [-0.39, 0.29) is 12.5 Å². The van der Waals surface area contributed by atoms with Crippen LogP contribution in [0.4, 0.5) is 0 Å². The zero-order valence-corrected chi connectivity index (χ0v) is 15.2. The molecule has 9 nitrogen and oxygen atoms in total. The minimum absolute atomic E-state index is 0.270. The average Bonchev–Trinajstić information content (AvgIpc) is 2.70. The van der Waals surface area contributed by atoms with Crippen LogP contribution in [0.3, 0.4) is 0 Å². The van der Waals surface area contributed by atoms with Crippen LogP contribution in [0.5, 0.6) is 0 Å². The normalized spacial score (nSPS) is 28.4. The first kappa shape index (κ1) is 20.9. The molecule has 1 aliphatic heterocycles. The van der Waals surface area contributed by atoms with Gasteiger partial charge in [-0.1, -0.05) is 13.8 Å². The lowest BCUT2D eigenvalue weighted by molar-refractivity contribution is -0.220. The predicted molar refractivity (Wildman–Crippen MR) is 81.9 cm³/mol. The lowest BCUT2D eigenvalue weighted by Crippen LogP contribution is -2.53. The summed E-state index contributed by atoms with van der Waals surface area (Å²) in [6.45, 7) is 7.96. The molecule has 0 bridgehead atoms. The molecule has 1 rings (SSSR count). The summed E-state index contributed by atoms with van der Waals surface area (Å²) in [6, 6.07) is 0. The van der Waals surface area contributed by atoms with Crippen molar-refractivity contribution < 1.29 is 42.9 Å². The van der Waals surface area contributed by atoms with E-state index in [1.807, 2.05) is 0 Å². The zero-order chi connectivity index (χ0) is 19.4. The van der Waals surface area contributed by atoms with Gasteiger partial charge in [0.1, 0.15) is 12.2 Å². The lowest BCUT2D eigenvalue weighted by atomic mass is 9.84. The fourth-order valence-electron chi connectivity index (χ4n) is 2.64. The first-order chi connectivity index (χ1) is 11.5. The van der Waals surface area contributed by atoms with Crippen molar-refractivity contribution in [3.05, 3.63) is 0 Å². The Bertz CT molecular complexity index is 542. The van der Waals surface area contributed by atoms with E-state index in [4.69, 9.17) is 23.7 Å². The van der Waals surface area contributed by atoms with Gasteiger partial charge in [0.15, 0.2) is 6.10 Å². The Balaban J connectivity index is 3.33. The van der Waals surface area contributed by atoms with Crippen LogP contribution in [0.1, 0.15) is 41.5 Å². The van der Waals surface area contributed by atoms with E-state index in [2.05, 4.69) is 0 Å². The summed E-state index contributed by atoms with van der Waals surface area (Å²) >= 11 is 0. The predicted octanol–water partition coefficient (Wildman–Crippen LogP) is 0.727. The second-order valence-corrected chi connectivity index (χ2v) is 6.09. The molecule has 0 aromatic rings. The highest BCUT2D eigenvalue weighted by molar-refractivity contribution is 5.69. The van der Waals surface area contributed by atoms with Crippen molar-refractivity contribution in [2.75, 3.05) is 6.61 Å². The third-order valence-electron chi connectivity index (χ3n) is 3.74. The Kier molecular flexibility index (Phi) is 6.92. The quantitative estimate of drug-likeness (QED) is 0.499. The van der Waals surface area contributed by atoms with Gasteiger partial charge in [0, 0.05) is 27.7 Å². The number of hydrogen-bond acceptors (Lipinski definition) is 9. The molecule has 1 heterocycles. The molecule has 0 N–H and O–H groups in total. The summed E-state index contributed by atoms with van der Waals surface area (Å²) in [5.41, 5.74) is -1.35. The van der Waals surface area contributed by atoms with Crippen molar-refractivity contribution in [3.8, 4) is 0 Å². The fraction of sp³-hybridized carbons (Fsp3) is 0.750. The Morgan fingerprint density at radius 2 is 1.40 bits per heavy atom. The maximum Gasteiger partial charge on any atom is 0.305 e. The van der Waals surface area contributed by atoms with E-state index < -0.39 is 48.0 Å². The van der Waals surface area contributed by atoms with Gasteiger partial charge in [-0.3, -0.25) is 19.2 Å². The van der Waals surface area contributed by atoms with E-state index >= 15 is 0 Å². The van der Waals surface area contributed by atoms with E-state index in [0.717, 1.165) is 13.8 Å². The van der Waals surface area contributed by atoms with Crippen molar-refractivity contribution in [1.82, 2.24) is 0 Å². The Hall–Kier alpha value is -2.16. The SMILES string of the molecule is CC(=O)OC[C@@]1(C(C)C)O[C@@H](OC(C)=O)C(OC(C)=O)C1OC(C)=O. The van der Waals surface area contributed by atoms with Crippen LogP contribution in [0.15, 0.2) is 0 Å². The van der Waals surface area contributed by atoms with Crippen LogP contribution in [-0.2, 0) is 42.9 Å². The largest absolute Gasteiger partial charge is 0.463 e. The van der Waals surface area contributed by atoms with Gasteiger partial charge in [-0.05, 0) is 5.92 Å². The molecule has 0 spiro atoms. The molecule has 142 valence electrons. The van der Waals surface area contributed by atoms with Crippen molar-refractivity contribution in [2.45, 2.75) is 65.6 Å². The summed E-state index contributed by atoms with van der Waals surface area (Å²) in [5, 5.41) is 0. The standard InChI is InChI=1S/C16H24O9/c1-8(2)16(7-21-9(3)17)14(23-11(5)19)13(22-10(4)18)15(25-16)24-12(6)20/h8,13-15H,7H2,1-6H3/t13?,14?,15-,16+/m1/s1. The number of carbonyl (C=O) groups is 4. The molecule has 2 unspecified atom stereocenters. The minimum Gasteiger partial charge on any atom is -0.463 e. The molecule has 25 heavy (non-hydrogen) atoms. The highest BCUT2D eigenvalue weighted by Gasteiger charge is 2.62. The molecule has 0 saturated carbocycles. The minimum atomic E-state index is -1.35. The van der Waals surface area contributed by atoms with E-state index in [1.54, 1.807) is 13.8 Å². The first-order valence-electron chi connectivity index (χ1n) is 7.82. The Morgan fingerprint density at radius 1 is 0.880 bits per heavy atom. The van der Waals surface area contributed by atoms with E-state index in [0.29, 0.717) is 0 Å². The smallest absolute Gasteiger partial charge is 0.305 e. The van der Waals surface area contributed by atoms with Gasteiger partial charge in [-0.2, -0.15) is 0 Å². The number of rotatable bonds is 6. The highest BCUT2D eigenvalue weighted by Crippen LogP contribution is 2.41. The van der Waals surface area contributed by atoms with Crippen molar-refractivity contribution in [2.24, 2.45) is 5.92 Å². The molecule has 9 heteroatoms. The van der Waals surface area contributed by atoms with Crippen LogP contribution in [0.25, 0.3) is 0 Å². The lowest BCUT2D eigenvalue weighted by Gasteiger charge is -2.36. The van der Waals surface area contributed by atoms with Gasteiger partial charge in [0.05, 0.1) is 0 Å².